The Morgan fingerprint density at radius 2 is 2.07 bits per heavy atom. The number of nitrogens with zero attached hydrogens (tertiary/aromatic N) is 2. The quantitative estimate of drug-likeness (QED) is 0.391. The van der Waals surface area contributed by atoms with Gasteiger partial charge in [-0.05, 0) is 36.6 Å². The highest BCUT2D eigenvalue weighted by Crippen LogP contribution is 2.40. The molecule has 1 atom stereocenters. The molecule has 5 rings (SSSR count). The lowest BCUT2D eigenvalue weighted by Gasteiger charge is -2.31. The lowest BCUT2D eigenvalue weighted by molar-refractivity contribution is -0.172. The normalized spacial score (nSPS) is 19.4. The first-order valence-corrected chi connectivity index (χ1v) is 10.2. The Hall–Kier alpha value is -2.77. The van der Waals surface area contributed by atoms with Gasteiger partial charge in [0, 0.05) is 28.5 Å². The van der Waals surface area contributed by atoms with Gasteiger partial charge in [0.15, 0.2) is 5.60 Å². The first kappa shape index (κ1) is 19.2. The molecule has 8 heteroatoms. The van der Waals surface area contributed by atoms with E-state index < -0.39 is 11.6 Å². The van der Waals surface area contributed by atoms with Gasteiger partial charge in [-0.3, -0.25) is 4.79 Å². The van der Waals surface area contributed by atoms with Crippen LogP contribution in [0, 0.1) is 12.7 Å². The van der Waals surface area contributed by atoms with Crippen molar-refractivity contribution in [1.82, 2.24) is 9.55 Å². The molecule has 0 aliphatic carbocycles. The largest absolute Gasteiger partial charge is 0.458 e. The second-order valence-corrected chi connectivity index (χ2v) is 8.04. The first-order chi connectivity index (χ1) is 14.3. The van der Waals surface area contributed by atoms with Gasteiger partial charge in [-0.25, -0.2) is 14.2 Å². The molecule has 2 aliphatic heterocycles. The van der Waals surface area contributed by atoms with Gasteiger partial charge in [-0.1, -0.05) is 6.92 Å². The molecule has 0 bridgehead atoms. The minimum Gasteiger partial charge on any atom is -0.458 e. The molecule has 1 unspecified atom stereocenters. The van der Waals surface area contributed by atoms with Gasteiger partial charge >= 0.3 is 5.97 Å². The first-order valence-electron chi connectivity index (χ1n) is 9.64. The molecule has 0 saturated heterocycles. The average molecular weight is 429 g/mol. The third-order valence-electron chi connectivity index (χ3n) is 6.22. The number of hydrogen-bond donors (Lipinski definition) is 1. The maximum atomic E-state index is 14.2. The molecule has 1 aromatic carbocycles. The number of aliphatic hydroxyl groups is 1. The molecular weight excluding hydrogens is 411 g/mol. The van der Waals surface area contributed by atoms with E-state index in [1.54, 1.807) is 30.5 Å². The molecule has 2 aliphatic rings. The topological polar surface area (TPSA) is 81.4 Å². The van der Waals surface area contributed by atoms with E-state index >= 15 is 0 Å². The summed E-state index contributed by atoms with van der Waals surface area (Å²) in [5, 5.41) is 11.7. The second-order valence-electron chi connectivity index (χ2n) is 7.77. The smallest absolute Gasteiger partial charge is 0.343 e. The summed E-state index contributed by atoms with van der Waals surface area (Å²) in [6, 6.07) is 4.71. The predicted octanol–water partition coefficient (Wildman–Crippen LogP) is 3.27. The van der Waals surface area contributed by atoms with Crippen LogP contribution in [0.15, 0.2) is 23.0 Å². The average Bonchev–Trinajstić information content (AvgIpc) is 3.09. The van der Waals surface area contributed by atoms with Crippen LogP contribution in [0.1, 0.15) is 41.2 Å². The molecule has 1 N–H and O–H groups in total. The lowest BCUT2D eigenvalue weighted by Crippen LogP contribution is -2.44. The van der Waals surface area contributed by atoms with Crippen LogP contribution < -0.4 is 5.56 Å². The van der Waals surface area contributed by atoms with Gasteiger partial charge in [0.05, 0.1) is 29.0 Å². The highest BCUT2D eigenvalue weighted by Gasteiger charge is 2.45. The van der Waals surface area contributed by atoms with Gasteiger partial charge in [-0.15, -0.1) is 11.6 Å². The summed E-state index contributed by atoms with van der Waals surface area (Å²) in [5.74, 6) is -0.972. The van der Waals surface area contributed by atoms with Crippen molar-refractivity contribution >= 4 is 28.5 Å². The molecule has 30 heavy (non-hydrogen) atoms. The highest BCUT2D eigenvalue weighted by molar-refractivity contribution is 6.18. The Kier molecular flexibility index (Phi) is 4.07. The zero-order valence-corrected chi connectivity index (χ0v) is 17.1. The van der Waals surface area contributed by atoms with E-state index in [-0.39, 0.29) is 48.0 Å². The van der Waals surface area contributed by atoms with E-state index in [1.807, 2.05) is 0 Å². The minimum absolute atomic E-state index is 0.0666. The molecule has 0 spiro atoms. The molecule has 0 radical (unpaired) electrons. The van der Waals surface area contributed by atoms with Crippen molar-refractivity contribution in [3.05, 3.63) is 62.2 Å². The second kappa shape index (κ2) is 6.36. The molecule has 154 valence electrons. The number of ether oxygens (including phenoxy) is 1. The Bertz CT molecular complexity index is 1330. The summed E-state index contributed by atoms with van der Waals surface area (Å²) in [4.78, 5) is 30.1. The molecule has 6 nitrogen and oxygen atoms in total. The van der Waals surface area contributed by atoms with Crippen molar-refractivity contribution in [3.63, 3.8) is 0 Å². The number of aromatic nitrogens is 2. The Morgan fingerprint density at radius 3 is 2.77 bits per heavy atom. The number of hydrogen-bond acceptors (Lipinski definition) is 5. The van der Waals surface area contributed by atoms with Crippen LogP contribution in [0.4, 0.5) is 4.39 Å². The standard InChI is InChI=1S/C22H18ClFN2O4/c1-3-22(29)15-5-18-19-13(8-26(18)20(27)14(15)9-30-21(22)28)12(7-23)11-4-10(2)16(24)6-17(11)25-19/h4-6,29H,3,7-9H2,1-2H3. The van der Waals surface area contributed by atoms with Crippen LogP contribution in [0.5, 0.6) is 0 Å². The summed E-state index contributed by atoms with van der Waals surface area (Å²) in [6.45, 7) is 3.40. The number of alkyl halides is 1. The Labute approximate surface area is 175 Å². The van der Waals surface area contributed by atoms with E-state index in [4.69, 9.17) is 16.3 Å². The van der Waals surface area contributed by atoms with Crippen molar-refractivity contribution in [2.75, 3.05) is 0 Å². The summed E-state index contributed by atoms with van der Waals surface area (Å²) >= 11 is 6.26. The molecule has 3 aromatic rings. The predicted molar refractivity (Wildman–Crippen MR) is 109 cm³/mol. The molecular formula is C22H18ClFN2O4. The van der Waals surface area contributed by atoms with Gasteiger partial charge < -0.3 is 14.4 Å². The van der Waals surface area contributed by atoms with Gasteiger partial charge in [0.1, 0.15) is 12.4 Å². The van der Waals surface area contributed by atoms with E-state index in [1.165, 1.54) is 6.07 Å². The van der Waals surface area contributed by atoms with Crippen LogP contribution in [0.2, 0.25) is 0 Å². The molecule has 0 amide bonds. The van der Waals surface area contributed by atoms with E-state index in [9.17, 15) is 19.1 Å². The van der Waals surface area contributed by atoms with Crippen molar-refractivity contribution in [2.24, 2.45) is 0 Å². The highest BCUT2D eigenvalue weighted by atomic mass is 35.5. The third-order valence-corrected chi connectivity index (χ3v) is 6.49. The number of fused-ring (bicyclic) bond motifs is 5. The maximum absolute atomic E-state index is 14.2. The number of esters is 1. The minimum atomic E-state index is -1.89. The van der Waals surface area contributed by atoms with Gasteiger partial charge in [-0.2, -0.15) is 0 Å². The summed E-state index contributed by atoms with van der Waals surface area (Å²) in [7, 11) is 0. The Morgan fingerprint density at radius 1 is 1.30 bits per heavy atom. The maximum Gasteiger partial charge on any atom is 0.343 e. The van der Waals surface area contributed by atoms with Gasteiger partial charge in [0.2, 0.25) is 0 Å². The third kappa shape index (κ3) is 2.36. The molecule has 0 fully saturated rings. The number of halogens is 2. The van der Waals surface area contributed by atoms with Crippen LogP contribution in [-0.2, 0) is 34.2 Å². The van der Waals surface area contributed by atoms with Crippen LogP contribution in [-0.4, -0.2) is 20.6 Å². The summed E-state index contributed by atoms with van der Waals surface area (Å²) < 4.78 is 20.8. The van der Waals surface area contributed by atoms with Gasteiger partial charge in [0.25, 0.3) is 5.56 Å². The Balaban J connectivity index is 1.84. The van der Waals surface area contributed by atoms with Crippen molar-refractivity contribution < 1.29 is 19.0 Å². The fraction of sp³-hybridized carbons (Fsp3) is 0.318. The molecule has 2 aromatic heterocycles. The number of pyridine rings is 2. The number of cyclic esters (lactones) is 1. The van der Waals surface area contributed by atoms with Crippen molar-refractivity contribution in [1.29, 1.82) is 0 Å². The van der Waals surface area contributed by atoms with Crippen LogP contribution in [0.3, 0.4) is 0 Å². The zero-order chi connectivity index (χ0) is 21.4. The lowest BCUT2D eigenvalue weighted by atomic mass is 9.86. The number of carbonyl (C=O) groups is 1. The number of benzene rings is 1. The van der Waals surface area contributed by atoms with E-state index in [2.05, 4.69) is 4.98 Å². The summed E-state index contributed by atoms with van der Waals surface area (Å²) in [5.41, 5.74) is 1.77. The van der Waals surface area contributed by atoms with E-state index in [0.717, 1.165) is 16.5 Å². The molecule has 4 heterocycles. The van der Waals surface area contributed by atoms with Crippen LogP contribution >= 0.6 is 11.6 Å². The number of rotatable bonds is 2. The fourth-order valence-electron chi connectivity index (χ4n) is 4.44. The summed E-state index contributed by atoms with van der Waals surface area (Å²) in [6.07, 6.45) is 0.0666. The monoisotopic (exact) mass is 428 g/mol. The number of carbonyl (C=O) groups excluding carboxylic acids is 1. The molecule has 0 saturated carbocycles. The zero-order valence-electron chi connectivity index (χ0n) is 16.4. The fourth-order valence-corrected chi connectivity index (χ4v) is 4.75. The number of aryl methyl sites for hydroxylation is 1. The van der Waals surface area contributed by atoms with Crippen molar-refractivity contribution in [2.45, 2.75) is 44.9 Å². The van der Waals surface area contributed by atoms with E-state index in [0.29, 0.717) is 22.5 Å². The van der Waals surface area contributed by atoms with Crippen molar-refractivity contribution in [3.8, 4) is 11.4 Å². The van der Waals surface area contributed by atoms with Crippen LogP contribution in [0.25, 0.3) is 22.3 Å². The SMILES string of the molecule is CCC1(O)C(=O)OCc2c1cc1n(c2=O)Cc2c-1nc1cc(F)c(C)cc1c2CCl.